The molecule has 0 atom stereocenters. The van der Waals surface area contributed by atoms with Crippen LogP contribution in [0.15, 0.2) is 41.0 Å². The number of anilines is 1. The molecular formula is C14H15ClN4OS2. The van der Waals surface area contributed by atoms with Gasteiger partial charge >= 0.3 is 0 Å². The van der Waals surface area contributed by atoms with Crippen LogP contribution in [0.25, 0.3) is 0 Å². The summed E-state index contributed by atoms with van der Waals surface area (Å²) in [6.07, 6.45) is 1.61. The second kappa shape index (κ2) is 7.98. The maximum Gasteiger partial charge on any atom is 0.189 e. The lowest BCUT2D eigenvalue weighted by molar-refractivity contribution is 0.502. The Kier molecular flexibility index (Phi) is 6.00. The lowest BCUT2D eigenvalue weighted by Crippen LogP contribution is -2.47. The van der Waals surface area contributed by atoms with E-state index in [1.54, 1.807) is 12.3 Å². The molecule has 0 fully saturated rings. The van der Waals surface area contributed by atoms with Gasteiger partial charge in [-0.3, -0.25) is 10.9 Å². The smallest absolute Gasteiger partial charge is 0.189 e. The van der Waals surface area contributed by atoms with E-state index in [9.17, 15) is 0 Å². The summed E-state index contributed by atoms with van der Waals surface area (Å²) in [6.45, 7) is 2.43. The molecule has 0 radical (unpaired) electrons. The normalized spacial score (nSPS) is 9.91. The second-order valence-electron chi connectivity index (χ2n) is 4.43. The third-order valence-corrected chi connectivity index (χ3v) is 3.58. The van der Waals surface area contributed by atoms with E-state index in [1.807, 2.05) is 31.2 Å². The van der Waals surface area contributed by atoms with Gasteiger partial charge in [0, 0.05) is 10.7 Å². The summed E-state index contributed by atoms with van der Waals surface area (Å²) < 4.78 is 5.19. The van der Waals surface area contributed by atoms with Gasteiger partial charge in [0.15, 0.2) is 10.2 Å². The minimum atomic E-state index is 0.377. The molecule has 2 aromatic rings. The third kappa shape index (κ3) is 5.18. The van der Waals surface area contributed by atoms with E-state index < -0.39 is 0 Å². The largest absolute Gasteiger partial charge is 0.467 e. The molecule has 0 aliphatic carbocycles. The number of aryl methyl sites for hydroxylation is 1. The Morgan fingerprint density at radius 2 is 1.95 bits per heavy atom. The molecule has 1 heterocycles. The van der Waals surface area contributed by atoms with Crippen LogP contribution in [0.2, 0.25) is 5.02 Å². The molecular weight excluding hydrogens is 340 g/mol. The molecule has 1 aromatic carbocycles. The molecule has 0 saturated heterocycles. The van der Waals surface area contributed by atoms with Gasteiger partial charge in [0.05, 0.1) is 12.8 Å². The first kappa shape index (κ1) is 16.5. The number of rotatable bonds is 3. The van der Waals surface area contributed by atoms with Crippen molar-refractivity contribution in [1.82, 2.24) is 16.2 Å². The summed E-state index contributed by atoms with van der Waals surface area (Å²) in [5.74, 6) is 0.791. The molecule has 0 aliphatic rings. The lowest BCUT2D eigenvalue weighted by atomic mass is 10.2. The fourth-order valence-electron chi connectivity index (χ4n) is 1.57. The van der Waals surface area contributed by atoms with Gasteiger partial charge in [-0.15, -0.1) is 0 Å². The van der Waals surface area contributed by atoms with Crippen molar-refractivity contribution in [3.8, 4) is 0 Å². The van der Waals surface area contributed by atoms with E-state index in [1.165, 1.54) is 0 Å². The minimum absolute atomic E-state index is 0.377. The highest BCUT2D eigenvalue weighted by molar-refractivity contribution is 7.80. The number of hydrazine groups is 1. The van der Waals surface area contributed by atoms with Crippen molar-refractivity contribution in [1.29, 1.82) is 0 Å². The number of halogens is 1. The van der Waals surface area contributed by atoms with Gasteiger partial charge in [0.2, 0.25) is 0 Å². The summed E-state index contributed by atoms with van der Waals surface area (Å²) in [4.78, 5) is 0. The van der Waals surface area contributed by atoms with E-state index in [2.05, 4.69) is 21.5 Å². The van der Waals surface area contributed by atoms with E-state index in [0.29, 0.717) is 21.8 Å². The molecule has 22 heavy (non-hydrogen) atoms. The molecule has 4 N–H and O–H groups in total. The van der Waals surface area contributed by atoms with Crippen molar-refractivity contribution in [2.24, 2.45) is 0 Å². The van der Waals surface area contributed by atoms with Crippen LogP contribution in [-0.2, 0) is 6.54 Å². The van der Waals surface area contributed by atoms with Crippen LogP contribution in [0.5, 0.6) is 0 Å². The number of furan rings is 1. The monoisotopic (exact) mass is 354 g/mol. The zero-order valence-electron chi connectivity index (χ0n) is 11.8. The van der Waals surface area contributed by atoms with Gasteiger partial charge in [0.25, 0.3) is 0 Å². The van der Waals surface area contributed by atoms with E-state index >= 15 is 0 Å². The summed E-state index contributed by atoms with van der Waals surface area (Å²) in [7, 11) is 0. The third-order valence-electron chi connectivity index (χ3n) is 2.72. The highest BCUT2D eigenvalue weighted by Gasteiger charge is 2.02. The van der Waals surface area contributed by atoms with Crippen molar-refractivity contribution in [2.75, 3.05) is 5.32 Å². The van der Waals surface area contributed by atoms with Crippen LogP contribution in [-0.4, -0.2) is 10.2 Å². The van der Waals surface area contributed by atoms with Crippen molar-refractivity contribution in [3.63, 3.8) is 0 Å². The number of hydrogen-bond acceptors (Lipinski definition) is 3. The summed E-state index contributed by atoms with van der Waals surface area (Å²) >= 11 is 16.3. The highest BCUT2D eigenvalue weighted by atomic mass is 35.5. The Morgan fingerprint density at radius 3 is 2.64 bits per heavy atom. The fourth-order valence-corrected chi connectivity index (χ4v) is 2.04. The Morgan fingerprint density at radius 1 is 1.18 bits per heavy atom. The zero-order chi connectivity index (χ0) is 15.9. The van der Waals surface area contributed by atoms with Gasteiger partial charge in [-0.25, -0.2) is 0 Å². The number of hydrogen-bond donors (Lipinski definition) is 4. The van der Waals surface area contributed by atoms with E-state index in [-0.39, 0.29) is 0 Å². The molecule has 0 bridgehead atoms. The quantitative estimate of drug-likeness (QED) is 0.499. The predicted octanol–water partition coefficient (Wildman–Crippen LogP) is 3.11. The maximum atomic E-state index is 6.06. The number of thiocarbonyl (C=S) groups is 2. The first-order valence-electron chi connectivity index (χ1n) is 6.44. The minimum Gasteiger partial charge on any atom is -0.467 e. The van der Waals surface area contributed by atoms with E-state index in [0.717, 1.165) is 17.0 Å². The average molecular weight is 355 g/mol. The summed E-state index contributed by atoms with van der Waals surface area (Å²) in [6, 6.07) is 9.28. The fraction of sp³-hybridized carbons (Fsp3) is 0.143. The summed E-state index contributed by atoms with van der Waals surface area (Å²) in [5.41, 5.74) is 7.37. The molecule has 0 unspecified atom stereocenters. The van der Waals surface area contributed by atoms with Crippen LogP contribution in [0.1, 0.15) is 11.3 Å². The Balaban J connectivity index is 1.72. The van der Waals surface area contributed by atoms with Gasteiger partial charge in [0.1, 0.15) is 5.76 Å². The number of benzene rings is 1. The Labute approximate surface area is 144 Å². The molecule has 5 nitrogen and oxygen atoms in total. The Hall–Kier alpha value is -1.83. The highest BCUT2D eigenvalue weighted by Crippen LogP contribution is 2.19. The van der Waals surface area contributed by atoms with Gasteiger partial charge in [-0.2, -0.15) is 0 Å². The van der Waals surface area contributed by atoms with Crippen LogP contribution >= 0.6 is 36.0 Å². The molecule has 0 saturated carbocycles. The van der Waals surface area contributed by atoms with E-state index in [4.69, 9.17) is 40.5 Å². The first-order valence-corrected chi connectivity index (χ1v) is 7.63. The van der Waals surface area contributed by atoms with Crippen LogP contribution in [0.3, 0.4) is 0 Å². The van der Waals surface area contributed by atoms with Crippen molar-refractivity contribution in [2.45, 2.75) is 13.5 Å². The van der Waals surface area contributed by atoms with Gasteiger partial charge in [-0.1, -0.05) is 17.7 Å². The van der Waals surface area contributed by atoms with Crippen molar-refractivity contribution in [3.05, 3.63) is 52.9 Å². The molecule has 2 rings (SSSR count). The average Bonchev–Trinajstić information content (AvgIpc) is 3.00. The Bertz CT molecular complexity index is 661. The molecule has 8 heteroatoms. The lowest BCUT2D eigenvalue weighted by Gasteiger charge is -2.14. The summed E-state index contributed by atoms with van der Waals surface area (Å²) in [5, 5.41) is 7.44. The number of nitrogens with one attached hydrogen (secondary N) is 4. The molecule has 1 aromatic heterocycles. The zero-order valence-corrected chi connectivity index (χ0v) is 14.2. The molecule has 0 spiro atoms. The van der Waals surface area contributed by atoms with Crippen LogP contribution < -0.4 is 21.5 Å². The molecule has 0 amide bonds. The topological polar surface area (TPSA) is 61.3 Å². The standard InChI is InChI=1S/C14H15ClN4OS2/c1-9-4-5-10(7-12(9)15)17-14(22)19-18-13(21)16-8-11-3-2-6-20-11/h2-7H,8H2,1H3,(H2,16,18,21)(H2,17,19,22). The molecule has 116 valence electrons. The first-order chi connectivity index (χ1) is 10.5. The van der Waals surface area contributed by atoms with Gasteiger partial charge < -0.3 is 15.1 Å². The van der Waals surface area contributed by atoms with Crippen molar-refractivity contribution < 1.29 is 4.42 Å². The van der Waals surface area contributed by atoms with Crippen molar-refractivity contribution >= 4 is 51.9 Å². The molecule has 0 aliphatic heterocycles. The van der Waals surface area contributed by atoms with Crippen LogP contribution in [0, 0.1) is 6.92 Å². The predicted molar refractivity (Wildman–Crippen MR) is 96.8 cm³/mol. The maximum absolute atomic E-state index is 6.06. The second-order valence-corrected chi connectivity index (χ2v) is 5.65. The van der Waals surface area contributed by atoms with Gasteiger partial charge in [-0.05, 0) is 61.2 Å². The SMILES string of the molecule is Cc1ccc(NC(=S)NNC(=S)NCc2ccco2)cc1Cl. The van der Waals surface area contributed by atoms with Crippen LogP contribution in [0.4, 0.5) is 5.69 Å².